The minimum atomic E-state index is -2.90. The predicted octanol–water partition coefficient (Wildman–Crippen LogP) is 4.56. The number of hydrogen-bond donors (Lipinski definition) is 2. The number of anilines is 1. The Bertz CT molecular complexity index is 1050. The Kier molecular flexibility index (Phi) is 6.93. The van der Waals surface area contributed by atoms with Crippen LogP contribution in [0.5, 0.6) is 0 Å². The van der Waals surface area contributed by atoms with Crippen LogP contribution in [0.15, 0.2) is 18.2 Å². The number of nitrogens with zero attached hydrogens (tertiary/aromatic N) is 2. The van der Waals surface area contributed by atoms with Crippen molar-refractivity contribution in [1.29, 1.82) is 0 Å². The lowest BCUT2D eigenvalue weighted by Crippen LogP contribution is -2.63. The molecule has 6 nitrogen and oxygen atoms in total. The highest BCUT2D eigenvalue weighted by atomic mass is 35.5. The van der Waals surface area contributed by atoms with Crippen molar-refractivity contribution in [2.24, 2.45) is 11.7 Å². The van der Waals surface area contributed by atoms with Crippen molar-refractivity contribution in [3.8, 4) is 0 Å². The first-order valence-electron chi connectivity index (χ1n) is 11.0. The van der Waals surface area contributed by atoms with E-state index in [2.05, 4.69) is 15.3 Å². The molecule has 2 aliphatic rings. The Morgan fingerprint density at radius 2 is 2.06 bits per heavy atom. The molecule has 33 heavy (non-hydrogen) atoms. The van der Waals surface area contributed by atoms with Crippen LogP contribution in [0.25, 0.3) is 0 Å². The molecule has 1 aliphatic carbocycles. The molecule has 2 atom stereocenters. The molecule has 178 valence electrons. The summed E-state index contributed by atoms with van der Waals surface area (Å²) in [4.78, 5) is 21.0. The summed E-state index contributed by atoms with van der Waals surface area (Å²) in [6.07, 6.45) is 0.301. The lowest BCUT2D eigenvalue weighted by molar-refractivity contribution is -0.141. The average molecular weight is 483 g/mol. The van der Waals surface area contributed by atoms with Crippen LogP contribution in [-0.4, -0.2) is 34.5 Å². The second-order valence-corrected chi connectivity index (χ2v) is 9.24. The normalized spacial score (nSPS) is 20.2. The fraction of sp³-hybridized carbons (Fsp3) is 0.522. The molecule has 10 heteroatoms. The SMILES string of the molecule is C[C@@H](Nc1nc(Cl)nc2c1CC(CCC(=O)C1(N)COC1)CC2)c1cccc(C(F)F)c1F. The maximum absolute atomic E-state index is 14.6. The maximum Gasteiger partial charge on any atom is 0.266 e. The second kappa shape index (κ2) is 9.56. The number of ketones is 1. The number of halogens is 4. The molecule has 2 heterocycles. The summed E-state index contributed by atoms with van der Waals surface area (Å²) in [5, 5.41) is 3.20. The summed E-state index contributed by atoms with van der Waals surface area (Å²) in [5.41, 5.74) is 6.31. The fourth-order valence-electron chi connectivity index (χ4n) is 4.44. The maximum atomic E-state index is 14.6. The predicted molar refractivity (Wildman–Crippen MR) is 118 cm³/mol. The van der Waals surface area contributed by atoms with Crippen molar-refractivity contribution in [1.82, 2.24) is 9.97 Å². The van der Waals surface area contributed by atoms with Crippen molar-refractivity contribution >= 4 is 23.2 Å². The van der Waals surface area contributed by atoms with Gasteiger partial charge in [-0.1, -0.05) is 18.2 Å². The van der Waals surface area contributed by atoms with Gasteiger partial charge >= 0.3 is 0 Å². The number of benzene rings is 1. The molecule has 1 fully saturated rings. The van der Waals surface area contributed by atoms with Gasteiger partial charge in [0.1, 0.15) is 17.2 Å². The van der Waals surface area contributed by atoms with Crippen LogP contribution in [0.4, 0.5) is 19.0 Å². The Hall–Kier alpha value is -2.23. The number of Topliss-reactive ketones (excluding diaryl/α,β-unsaturated/α-hetero) is 1. The van der Waals surface area contributed by atoms with E-state index in [0.29, 0.717) is 31.5 Å². The zero-order valence-corrected chi connectivity index (χ0v) is 19.0. The molecule has 4 rings (SSSR count). The monoisotopic (exact) mass is 482 g/mol. The van der Waals surface area contributed by atoms with E-state index in [9.17, 15) is 18.0 Å². The summed E-state index contributed by atoms with van der Waals surface area (Å²) in [6, 6.07) is 3.32. The van der Waals surface area contributed by atoms with E-state index in [1.165, 1.54) is 12.1 Å². The third-order valence-corrected chi connectivity index (χ3v) is 6.68. The third-order valence-electron chi connectivity index (χ3n) is 6.52. The highest BCUT2D eigenvalue weighted by Crippen LogP contribution is 2.35. The molecule has 2 aromatic rings. The number of ether oxygens (including phenoxy) is 1. The first-order chi connectivity index (χ1) is 15.7. The van der Waals surface area contributed by atoms with E-state index in [4.69, 9.17) is 22.1 Å². The second-order valence-electron chi connectivity index (χ2n) is 8.90. The number of rotatable bonds is 8. The van der Waals surface area contributed by atoms with E-state index in [1.54, 1.807) is 6.92 Å². The van der Waals surface area contributed by atoms with Gasteiger partial charge in [-0.2, -0.15) is 0 Å². The third kappa shape index (κ3) is 5.00. The van der Waals surface area contributed by atoms with Crippen LogP contribution in [0, 0.1) is 11.7 Å². The molecule has 3 N–H and O–H groups in total. The lowest BCUT2D eigenvalue weighted by atomic mass is 9.81. The molecule has 0 amide bonds. The lowest BCUT2D eigenvalue weighted by Gasteiger charge is -2.36. The zero-order valence-electron chi connectivity index (χ0n) is 18.2. The van der Waals surface area contributed by atoms with Crippen molar-refractivity contribution < 1.29 is 22.7 Å². The first kappa shape index (κ1) is 23.9. The summed E-state index contributed by atoms with van der Waals surface area (Å²) < 4.78 is 45.9. The van der Waals surface area contributed by atoms with Gasteiger partial charge in [0.05, 0.1) is 30.5 Å². The molecule has 1 aromatic heterocycles. The molecule has 1 unspecified atom stereocenters. The summed E-state index contributed by atoms with van der Waals surface area (Å²) in [6.45, 7) is 2.21. The van der Waals surface area contributed by atoms with Gasteiger partial charge in [-0.05, 0) is 50.1 Å². The smallest absolute Gasteiger partial charge is 0.266 e. The quantitative estimate of drug-likeness (QED) is 0.536. The standard InChI is InChI=1S/C23H26ClF3N4O2/c1-12(14-3-2-4-15(19(14)25)20(26)27)29-21-16-9-13(5-7-17(16)30-22(24)31-21)6-8-18(32)23(28)10-33-11-23/h2-4,12-13,20H,5-11,28H2,1H3,(H,29,30,31)/t12-,13?/m1/s1. The van der Waals surface area contributed by atoms with Gasteiger partial charge in [-0.15, -0.1) is 0 Å². The van der Waals surface area contributed by atoms with Crippen LogP contribution >= 0.6 is 11.6 Å². The number of carbonyl (C=O) groups is 1. The minimum absolute atomic E-state index is 0.00765. The summed E-state index contributed by atoms with van der Waals surface area (Å²) in [7, 11) is 0. The van der Waals surface area contributed by atoms with Crippen LogP contribution in [0.3, 0.4) is 0 Å². The number of nitrogens with one attached hydrogen (secondary N) is 1. The fourth-order valence-corrected chi connectivity index (χ4v) is 4.63. The molecular formula is C23H26ClF3N4O2. The molecular weight excluding hydrogens is 457 g/mol. The van der Waals surface area contributed by atoms with E-state index in [-0.39, 0.29) is 35.8 Å². The van der Waals surface area contributed by atoms with E-state index >= 15 is 0 Å². The number of carbonyl (C=O) groups excluding carboxylic acids is 1. The van der Waals surface area contributed by atoms with Crippen LogP contribution in [-0.2, 0) is 22.4 Å². The topological polar surface area (TPSA) is 90.1 Å². The van der Waals surface area contributed by atoms with Crippen molar-refractivity contribution in [2.45, 2.75) is 57.0 Å². The van der Waals surface area contributed by atoms with Crippen LogP contribution < -0.4 is 11.1 Å². The number of nitrogens with two attached hydrogens (primary N) is 1. The van der Waals surface area contributed by atoms with Gasteiger partial charge in [-0.25, -0.2) is 23.1 Å². The largest absolute Gasteiger partial charge is 0.376 e. The number of fused-ring (bicyclic) bond motifs is 1. The molecule has 1 aliphatic heterocycles. The van der Waals surface area contributed by atoms with Crippen molar-refractivity contribution in [3.05, 3.63) is 51.7 Å². The molecule has 1 aromatic carbocycles. The highest BCUT2D eigenvalue weighted by Gasteiger charge is 2.41. The van der Waals surface area contributed by atoms with Gasteiger partial charge < -0.3 is 15.8 Å². The molecule has 0 spiro atoms. The summed E-state index contributed by atoms with van der Waals surface area (Å²) >= 11 is 6.12. The zero-order chi connectivity index (χ0) is 23.8. The Morgan fingerprint density at radius 3 is 2.73 bits per heavy atom. The van der Waals surface area contributed by atoms with Crippen LogP contribution in [0.1, 0.15) is 61.0 Å². The minimum Gasteiger partial charge on any atom is -0.376 e. The number of alkyl halides is 2. The van der Waals surface area contributed by atoms with E-state index in [1.807, 2.05) is 0 Å². The van der Waals surface area contributed by atoms with Crippen LogP contribution in [0.2, 0.25) is 5.28 Å². The van der Waals surface area contributed by atoms with E-state index < -0.39 is 29.4 Å². The number of aryl methyl sites for hydroxylation is 1. The highest BCUT2D eigenvalue weighted by molar-refractivity contribution is 6.28. The number of aromatic nitrogens is 2. The molecule has 1 saturated heterocycles. The Labute approximate surface area is 195 Å². The Balaban J connectivity index is 1.50. The van der Waals surface area contributed by atoms with Gasteiger partial charge in [0, 0.05) is 17.5 Å². The van der Waals surface area contributed by atoms with Crippen molar-refractivity contribution in [3.63, 3.8) is 0 Å². The average Bonchev–Trinajstić information content (AvgIpc) is 2.75. The molecule has 0 bridgehead atoms. The first-order valence-corrected chi connectivity index (χ1v) is 11.3. The molecule has 0 radical (unpaired) electrons. The van der Waals surface area contributed by atoms with Gasteiger partial charge in [0.25, 0.3) is 6.43 Å². The summed E-state index contributed by atoms with van der Waals surface area (Å²) in [5.74, 6) is -0.245. The van der Waals surface area contributed by atoms with Gasteiger partial charge in [0.15, 0.2) is 5.78 Å². The van der Waals surface area contributed by atoms with Crippen molar-refractivity contribution in [2.75, 3.05) is 18.5 Å². The van der Waals surface area contributed by atoms with E-state index in [0.717, 1.165) is 23.7 Å². The molecule has 0 saturated carbocycles. The Morgan fingerprint density at radius 1 is 1.33 bits per heavy atom. The van der Waals surface area contributed by atoms with Gasteiger partial charge in [-0.3, -0.25) is 4.79 Å². The number of hydrogen-bond acceptors (Lipinski definition) is 6. The van der Waals surface area contributed by atoms with Gasteiger partial charge in [0.2, 0.25) is 5.28 Å².